The van der Waals surface area contributed by atoms with Gasteiger partial charge in [-0.2, -0.15) is 0 Å². The molecular weight excluding hydrogens is 421 g/mol. The zero-order chi connectivity index (χ0) is 23.4. The van der Waals surface area contributed by atoms with Crippen molar-refractivity contribution in [3.8, 4) is 5.75 Å². The number of hydrogen-bond donors (Lipinski definition) is 4. The van der Waals surface area contributed by atoms with Crippen LogP contribution < -0.4 is 26.4 Å². The normalized spacial score (nSPS) is 31.6. The van der Waals surface area contributed by atoms with Gasteiger partial charge in [0.15, 0.2) is 17.4 Å². The van der Waals surface area contributed by atoms with Gasteiger partial charge in [-0.15, -0.1) is 0 Å². The fourth-order valence-electron chi connectivity index (χ4n) is 5.20. The van der Waals surface area contributed by atoms with Crippen molar-refractivity contribution in [1.82, 2.24) is 15.5 Å². The van der Waals surface area contributed by atoms with Crippen molar-refractivity contribution < 1.29 is 9.13 Å². The Labute approximate surface area is 196 Å². The number of anilines is 1. The van der Waals surface area contributed by atoms with Crippen LogP contribution in [0.5, 0.6) is 5.75 Å². The van der Waals surface area contributed by atoms with Crippen LogP contribution in [0, 0.1) is 17.7 Å². The minimum atomic E-state index is -0.961. The monoisotopic (exact) mass is 459 g/mol. The average molecular weight is 460 g/mol. The number of likely N-dealkylation sites (N-methyl/N-ethyl adjacent to an activating group) is 1. The molecule has 0 bridgehead atoms. The molecule has 1 aliphatic carbocycles. The first kappa shape index (κ1) is 23.8. The summed E-state index contributed by atoms with van der Waals surface area (Å²) in [6, 6.07) is 5.18. The van der Waals surface area contributed by atoms with Crippen molar-refractivity contribution in [2.75, 3.05) is 32.1 Å². The molecule has 1 saturated carbocycles. The van der Waals surface area contributed by atoms with Gasteiger partial charge < -0.3 is 15.4 Å². The van der Waals surface area contributed by atoms with Crippen LogP contribution in [-0.2, 0) is 0 Å². The van der Waals surface area contributed by atoms with E-state index in [9.17, 15) is 4.39 Å². The van der Waals surface area contributed by atoms with Gasteiger partial charge in [0, 0.05) is 23.7 Å². The summed E-state index contributed by atoms with van der Waals surface area (Å²) >= 11 is 0. The highest BCUT2D eigenvalue weighted by atomic mass is 19.1. The predicted octanol–water partition coefficient (Wildman–Crippen LogP) is 3.07. The van der Waals surface area contributed by atoms with Crippen LogP contribution in [0.2, 0.25) is 0 Å². The molecule has 0 radical (unpaired) electrons. The maximum absolute atomic E-state index is 14.2. The Hall–Kier alpha value is -2.39. The van der Waals surface area contributed by atoms with E-state index in [0.29, 0.717) is 36.1 Å². The minimum absolute atomic E-state index is 0.198. The van der Waals surface area contributed by atoms with Crippen LogP contribution in [-0.4, -0.2) is 55.4 Å². The van der Waals surface area contributed by atoms with E-state index in [1.54, 1.807) is 12.1 Å². The zero-order valence-electron chi connectivity index (χ0n) is 20.0. The number of ether oxygens (including phenoxy) is 1. The first-order valence-corrected chi connectivity index (χ1v) is 12.2. The highest BCUT2D eigenvalue weighted by Crippen LogP contribution is 2.34. The number of nitrogens with zero attached hydrogens (tertiary/aromatic N) is 3. The summed E-state index contributed by atoms with van der Waals surface area (Å²) in [6.07, 6.45) is 6.67. The van der Waals surface area contributed by atoms with Crippen molar-refractivity contribution in [3.05, 3.63) is 24.0 Å². The number of methoxy groups -OCH3 is 1. The lowest BCUT2D eigenvalue weighted by Gasteiger charge is -2.42. The fourth-order valence-corrected chi connectivity index (χ4v) is 5.20. The highest BCUT2D eigenvalue weighted by molar-refractivity contribution is 6.07. The van der Waals surface area contributed by atoms with E-state index < -0.39 is 11.6 Å². The van der Waals surface area contributed by atoms with Crippen LogP contribution in [0.1, 0.15) is 52.4 Å². The van der Waals surface area contributed by atoms with Crippen LogP contribution in [0.3, 0.4) is 0 Å². The van der Waals surface area contributed by atoms with E-state index in [1.807, 2.05) is 0 Å². The number of halogens is 1. The molecule has 8 nitrogen and oxygen atoms in total. The molecule has 2 fully saturated rings. The molecule has 3 aliphatic rings. The predicted molar refractivity (Wildman–Crippen MR) is 131 cm³/mol. The first-order chi connectivity index (χ1) is 15.9. The molecule has 0 spiro atoms. The van der Waals surface area contributed by atoms with Crippen LogP contribution in [0.25, 0.3) is 0 Å². The molecule has 2 aliphatic heterocycles. The number of rotatable bonds is 6. The first-order valence-electron chi connectivity index (χ1n) is 12.2. The summed E-state index contributed by atoms with van der Waals surface area (Å²) in [5.41, 5.74) is 7.43. The quantitative estimate of drug-likeness (QED) is 0.522. The van der Waals surface area contributed by atoms with E-state index in [-0.39, 0.29) is 11.7 Å². The molecule has 1 aromatic carbocycles. The Kier molecular flexibility index (Phi) is 7.38. The average Bonchev–Trinajstić information content (AvgIpc) is 3.25. The van der Waals surface area contributed by atoms with E-state index in [4.69, 9.17) is 20.5 Å². The van der Waals surface area contributed by atoms with Gasteiger partial charge >= 0.3 is 0 Å². The number of guanidine groups is 2. The van der Waals surface area contributed by atoms with Gasteiger partial charge in [-0.3, -0.25) is 20.9 Å². The second-order valence-electron chi connectivity index (χ2n) is 9.58. The van der Waals surface area contributed by atoms with Gasteiger partial charge in [0.1, 0.15) is 0 Å². The van der Waals surface area contributed by atoms with Crippen molar-refractivity contribution in [2.24, 2.45) is 27.6 Å². The summed E-state index contributed by atoms with van der Waals surface area (Å²) < 4.78 is 19.3. The molecule has 2 heterocycles. The second-order valence-corrected chi connectivity index (χ2v) is 9.58. The smallest absolute Gasteiger partial charge is 0.206 e. The third-order valence-corrected chi connectivity index (χ3v) is 7.27. The summed E-state index contributed by atoms with van der Waals surface area (Å²) in [5, 5.41) is 9.81. The molecule has 5 N–H and O–H groups in total. The molecule has 182 valence electrons. The summed E-state index contributed by atoms with van der Waals surface area (Å²) in [4.78, 5) is 12.1. The van der Waals surface area contributed by atoms with Crippen LogP contribution in [0.4, 0.5) is 10.1 Å². The lowest BCUT2D eigenvalue weighted by Crippen LogP contribution is -2.68. The minimum Gasteiger partial charge on any atom is -0.494 e. The maximum atomic E-state index is 14.2. The van der Waals surface area contributed by atoms with Gasteiger partial charge in [0.25, 0.3) is 0 Å². The van der Waals surface area contributed by atoms with Crippen molar-refractivity contribution in [2.45, 2.75) is 64.2 Å². The lowest BCUT2D eigenvalue weighted by molar-refractivity contribution is 0.168. The topological polar surface area (TPSA) is 99.3 Å². The van der Waals surface area contributed by atoms with Crippen LogP contribution >= 0.6 is 0 Å². The maximum Gasteiger partial charge on any atom is 0.206 e. The fraction of sp³-hybridized carbons (Fsp3) is 0.667. The Morgan fingerprint density at radius 2 is 2.09 bits per heavy atom. The number of nitrogens with one attached hydrogen (secondary N) is 3. The van der Waals surface area contributed by atoms with Crippen LogP contribution in [0.15, 0.2) is 28.2 Å². The summed E-state index contributed by atoms with van der Waals surface area (Å²) in [5.74, 6) is 0.798. The van der Waals surface area contributed by atoms with Gasteiger partial charge in [-0.25, -0.2) is 9.38 Å². The lowest BCUT2D eigenvalue weighted by atomic mass is 9.79. The molecule has 2 unspecified atom stereocenters. The summed E-state index contributed by atoms with van der Waals surface area (Å²) in [7, 11) is 1.45. The third-order valence-electron chi connectivity index (χ3n) is 7.27. The Morgan fingerprint density at radius 3 is 2.79 bits per heavy atom. The Morgan fingerprint density at radius 1 is 1.30 bits per heavy atom. The van der Waals surface area contributed by atoms with Gasteiger partial charge in [0.2, 0.25) is 11.9 Å². The van der Waals surface area contributed by atoms with E-state index in [0.717, 1.165) is 45.2 Å². The van der Waals surface area contributed by atoms with E-state index >= 15 is 0 Å². The van der Waals surface area contributed by atoms with Crippen molar-refractivity contribution >= 4 is 17.6 Å². The SMILES string of the molecule is CCN1CCCC1CN=C1NC(Nc2ccc(OC)c(F)c2)=NC(N)(C2CCC(C)CC2)N1. The molecule has 33 heavy (non-hydrogen) atoms. The standard InChI is InChI=1S/C24H38FN7O/c1-4-32-13-5-6-19(32)15-27-22-29-23(28-18-11-12-21(33-3)20(25)14-18)31-24(26,30-22)17-9-7-16(2)8-10-17/h11-12,14,16-17,19H,4-10,13,15,26H2,1-3H3,(H3,27,28,29,30,31). The molecular formula is C24H38FN7O. The molecule has 0 aromatic heterocycles. The van der Waals surface area contributed by atoms with E-state index in [1.165, 1.54) is 19.6 Å². The number of nitrogens with two attached hydrogens (primary N) is 1. The zero-order valence-corrected chi connectivity index (χ0v) is 20.0. The van der Waals surface area contributed by atoms with Gasteiger partial charge in [0.05, 0.1) is 13.7 Å². The molecule has 1 aromatic rings. The number of aliphatic imine (C=N–C) groups is 2. The molecule has 1 saturated heterocycles. The largest absolute Gasteiger partial charge is 0.494 e. The number of hydrogen-bond acceptors (Lipinski definition) is 6. The second kappa shape index (κ2) is 10.3. The van der Waals surface area contributed by atoms with Crippen molar-refractivity contribution in [3.63, 3.8) is 0 Å². The highest BCUT2D eigenvalue weighted by Gasteiger charge is 2.40. The summed E-state index contributed by atoms with van der Waals surface area (Å²) in [6.45, 7) is 7.35. The van der Waals surface area contributed by atoms with E-state index in [2.05, 4.69) is 34.7 Å². The number of likely N-dealkylation sites (tertiary alicyclic amines) is 1. The Bertz CT molecular complexity index is 884. The van der Waals surface area contributed by atoms with Crippen molar-refractivity contribution in [1.29, 1.82) is 0 Å². The molecule has 9 heteroatoms. The van der Waals surface area contributed by atoms with Gasteiger partial charge in [-0.05, 0) is 56.8 Å². The molecule has 4 rings (SSSR count). The third kappa shape index (κ3) is 5.58. The number of benzene rings is 1. The Balaban J connectivity index is 1.55. The molecule has 0 amide bonds. The molecule has 2 atom stereocenters. The van der Waals surface area contributed by atoms with Gasteiger partial charge in [-0.1, -0.05) is 26.7 Å².